The van der Waals surface area contributed by atoms with Crippen molar-refractivity contribution in [1.82, 2.24) is 0 Å². The minimum atomic E-state index is -0.137. The molecule has 1 saturated carbocycles. The second-order valence-corrected chi connectivity index (χ2v) is 7.39. The molecule has 1 atom stereocenters. The Bertz CT molecular complexity index is 752. The molecule has 0 N–H and O–H groups in total. The van der Waals surface area contributed by atoms with E-state index in [0.717, 1.165) is 38.0 Å². The molecule has 1 spiro atoms. The van der Waals surface area contributed by atoms with Gasteiger partial charge in [-0.3, -0.25) is 0 Å². The molecule has 0 radical (unpaired) electrons. The van der Waals surface area contributed by atoms with Crippen LogP contribution in [0.3, 0.4) is 0 Å². The topological polar surface area (TPSA) is 3.24 Å². The van der Waals surface area contributed by atoms with Gasteiger partial charge < -0.3 is 4.90 Å². The number of allylic oxidation sites excluding steroid dienone is 1. The van der Waals surface area contributed by atoms with Crippen molar-refractivity contribution in [2.24, 2.45) is 0 Å². The molecule has 2 aromatic rings. The number of hydrogen-bond acceptors (Lipinski definition) is 1. The Kier molecular flexibility index (Phi) is 3.91. The van der Waals surface area contributed by atoms with Gasteiger partial charge in [0.1, 0.15) is 5.82 Å². The van der Waals surface area contributed by atoms with Crippen molar-refractivity contribution in [3.63, 3.8) is 0 Å². The Morgan fingerprint density at radius 3 is 2.71 bits per heavy atom. The second-order valence-electron chi connectivity index (χ2n) is 7.39. The molecule has 1 nitrogen and oxygen atoms in total. The normalized spacial score (nSPS) is 23.4. The predicted molar refractivity (Wildman–Crippen MR) is 97.8 cm³/mol. The van der Waals surface area contributed by atoms with Crippen LogP contribution in [0.15, 0.2) is 60.7 Å². The number of hydrogen-bond donors (Lipinski definition) is 0. The number of fused-ring (bicyclic) bond motifs is 2. The fourth-order valence-electron chi connectivity index (χ4n) is 4.47. The highest BCUT2D eigenvalue weighted by Gasteiger charge is 2.42. The summed E-state index contributed by atoms with van der Waals surface area (Å²) in [6, 6.07) is 15.9. The van der Waals surface area contributed by atoms with Gasteiger partial charge in [0.25, 0.3) is 0 Å². The van der Waals surface area contributed by atoms with Crippen LogP contribution in [0.1, 0.15) is 43.2 Å². The third kappa shape index (κ3) is 2.75. The minimum Gasteiger partial charge on any atom is -0.366 e. The van der Waals surface area contributed by atoms with Crippen LogP contribution in [0, 0.1) is 5.82 Å². The lowest BCUT2D eigenvalue weighted by Crippen LogP contribution is -2.33. The third-order valence-electron chi connectivity index (χ3n) is 5.72. The Balaban J connectivity index is 1.71. The summed E-state index contributed by atoms with van der Waals surface area (Å²) >= 11 is 0. The molecule has 1 unspecified atom stereocenters. The number of nitrogens with zero attached hydrogens (tertiary/aromatic N) is 1. The fraction of sp³-hybridized carbons (Fsp3) is 0.364. The first-order valence-corrected chi connectivity index (χ1v) is 8.92. The quantitative estimate of drug-likeness (QED) is 0.650. The molecule has 0 bridgehead atoms. The molecule has 1 aliphatic heterocycles. The zero-order valence-electron chi connectivity index (χ0n) is 14.1. The maximum absolute atomic E-state index is 13.9. The van der Waals surface area contributed by atoms with E-state index in [1.54, 1.807) is 12.1 Å². The lowest BCUT2D eigenvalue weighted by atomic mass is 9.76. The number of anilines is 1. The van der Waals surface area contributed by atoms with E-state index in [1.165, 1.54) is 29.5 Å². The van der Waals surface area contributed by atoms with Crippen molar-refractivity contribution in [1.29, 1.82) is 0 Å². The monoisotopic (exact) mass is 321 g/mol. The summed E-state index contributed by atoms with van der Waals surface area (Å²) in [5, 5.41) is 0. The molecule has 1 heterocycles. The van der Waals surface area contributed by atoms with Gasteiger partial charge >= 0.3 is 0 Å². The lowest BCUT2D eigenvalue weighted by molar-refractivity contribution is 0.394. The summed E-state index contributed by atoms with van der Waals surface area (Å²) in [5.41, 5.74) is 5.25. The van der Waals surface area contributed by atoms with Gasteiger partial charge in [-0.25, -0.2) is 4.39 Å². The highest BCUT2D eigenvalue weighted by atomic mass is 19.1. The van der Waals surface area contributed by atoms with E-state index < -0.39 is 0 Å². The van der Waals surface area contributed by atoms with Crippen molar-refractivity contribution in [3.05, 3.63) is 77.6 Å². The maximum atomic E-state index is 13.9. The van der Waals surface area contributed by atoms with Gasteiger partial charge in [0.05, 0.1) is 0 Å². The second kappa shape index (κ2) is 6.08. The Hall–Kier alpha value is -2.09. The first-order chi connectivity index (χ1) is 11.7. The largest absolute Gasteiger partial charge is 0.366 e. The van der Waals surface area contributed by atoms with Gasteiger partial charge in [-0.05, 0) is 55.4 Å². The maximum Gasteiger partial charge on any atom is 0.125 e. The van der Waals surface area contributed by atoms with Crippen molar-refractivity contribution < 1.29 is 4.39 Å². The molecule has 0 amide bonds. The molecule has 2 aliphatic rings. The zero-order chi connectivity index (χ0) is 16.6. The van der Waals surface area contributed by atoms with Crippen LogP contribution in [0.25, 0.3) is 0 Å². The fourth-order valence-corrected chi connectivity index (χ4v) is 4.47. The van der Waals surface area contributed by atoms with Gasteiger partial charge in [0.2, 0.25) is 0 Å². The van der Waals surface area contributed by atoms with Gasteiger partial charge in [0.15, 0.2) is 0 Å². The lowest BCUT2D eigenvalue weighted by Gasteiger charge is -2.29. The van der Waals surface area contributed by atoms with E-state index >= 15 is 0 Å². The van der Waals surface area contributed by atoms with Crippen molar-refractivity contribution in [2.45, 2.75) is 44.1 Å². The van der Waals surface area contributed by atoms with Crippen LogP contribution < -0.4 is 4.90 Å². The van der Waals surface area contributed by atoms with Crippen LogP contribution >= 0.6 is 0 Å². The zero-order valence-corrected chi connectivity index (χ0v) is 14.1. The van der Waals surface area contributed by atoms with Gasteiger partial charge in [-0.1, -0.05) is 48.6 Å². The van der Waals surface area contributed by atoms with E-state index in [1.807, 2.05) is 12.1 Å². The molecule has 4 rings (SSSR count). The summed E-state index contributed by atoms with van der Waals surface area (Å²) in [5.74, 6) is -0.137. The van der Waals surface area contributed by atoms with E-state index in [9.17, 15) is 4.39 Å². The first kappa shape index (κ1) is 15.4. The van der Waals surface area contributed by atoms with Crippen molar-refractivity contribution in [3.8, 4) is 0 Å². The summed E-state index contributed by atoms with van der Waals surface area (Å²) in [4.78, 5) is 2.38. The van der Waals surface area contributed by atoms with Gasteiger partial charge in [-0.2, -0.15) is 0 Å². The Labute approximate surface area is 143 Å². The molecule has 124 valence electrons. The van der Waals surface area contributed by atoms with Crippen LogP contribution in [0.5, 0.6) is 0 Å². The summed E-state index contributed by atoms with van der Waals surface area (Å²) in [6.07, 6.45) is 5.73. The smallest absolute Gasteiger partial charge is 0.125 e. The van der Waals surface area contributed by atoms with Crippen LogP contribution in [0.4, 0.5) is 10.1 Å². The molecule has 24 heavy (non-hydrogen) atoms. The molecule has 0 saturated heterocycles. The van der Waals surface area contributed by atoms with E-state index in [-0.39, 0.29) is 11.2 Å². The SMILES string of the molecule is C=C1CCCC2(CC1)CN(Cc1ccccc1)c1cc(F)ccc12. The van der Waals surface area contributed by atoms with Gasteiger partial charge in [-0.15, -0.1) is 0 Å². The molecule has 1 aliphatic carbocycles. The summed E-state index contributed by atoms with van der Waals surface area (Å²) < 4.78 is 13.9. The number of halogens is 1. The number of benzene rings is 2. The van der Waals surface area contributed by atoms with Crippen LogP contribution in [0.2, 0.25) is 0 Å². The molecular weight excluding hydrogens is 297 g/mol. The number of rotatable bonds is 2. The minimum absolute atomic E-state index is 0.137. The Morgan fingerprint density at radius 1 is 1.04 bits per heavy atom. The van der Waals surface area contributed by atoms with Gasteiger partial charge in [0, 0.05) is 24.2 Å². The molecule has 0 aromatic heterocycles. The average Bonchev–Trinajstić information content (AvgIpc) is 2.73. The molecule has 2 heteroatoms. The molecular formula is C22H24FN. The van der Waals surface area contributed by atoms with E-state index in [0.29, 0.717) is 0 Å². The average molecular weight is 321 g/mol. The molecule has 1 fully saturated rings. The van der Waals surface area contributed by atoms with Crippen LogP contribution in [-0.4, -0.2) is 6.54 Å². The summed E-state index contributed by atoms with van der Waals surface area (Å²) in [6.45, 7) is 6.05. The third-order valence-corrected chi connectivity index (χ3v) is 5.72. The summed E-state index contributed by atoms with van der Waals surface area (Å²) in [7, 11) is 0. The predicted octanol–water partition coefficient (Wildman–Crippen LogP) is 5.60. The standard InChI is InChI=1S/C22H24FN/c1-17-6-5-12-22(13-11-17)16-24(15-18-7-3-2-4-8-18)21-14-19(23)9-10-20(21)22/h2-4,7-10,14H,1,5-6,11-13,15-16H2. The highest BCUT2D eigenvalue weighted by molar-refractivity contribution is 5.63. The van der Waals surface area contributed by atoms with Crippen LogP contribution in [-0.2, 0) is 12.0 Å². The van der Waals surface area contributed by atoms with Crippen molar-refractivity contribution in [2.75, 3.05) is 11.4 Å². The Morgan fingerprint density at radius 2 is 1.88 bits per heavy atom. The molecule has 2 aromatic carbocycles. The highest BCUT2D eigenvalue weighted by Crippen LogP contribution is 2.49. The van der Waals surface area contributed by atoms with E-state index in [2.05, 4.69) is 35.7 Å². The van der Waals surface area contributed by atoms with E-state index in [4.69, 9.17) is 0 Å². The first-order valence-electron chi connectivity index (χ1n) is 8.92. The van der Waals surface area contributed by atoms with Crippen molar-refractivity contribution >= 4 is 5.69 Å².